The molecule has 0 saturated heterocycles. The number of aromatic nitrogens is 2. The van der Waals surface area contributed by atoms with Crippen molar-refractivity contribution in [3.05, 3.63) is 76.3 Å². The van der Waals surface area contributed by atoms with Gasteiger partial charge in [-0.25, -0.2) is 0 Å². The van der Waals surface area contributed by atoms with Crippen LogP contribution in [0, 0.1) is 20.8 Å². The maximum Gasteiger partial charge on any atom is 0.416 e. The molecular formula is C21H19F3N2S. The third-order valence-corrected chi connectivity index (χ3v) is 5.42. The lowest BCUT2D eigenvalue weighted by atomic mass is 9.99. The van der Waals surface area contributed by atoms with Crippen LogP contribution in [0.2, 0.25) is 0 Å². The van der Waals surface area contributed by atoms with Gasteiger partial charge in [-0.1, -0.05) is 30.0 Å². The fourth-order valence-electron chi connectivity index (χ4n) is 2.72. The molecule has 0 bridgehead atoms. The van der Waals surface area contributed by atoms with Gasteiger partial charge in [-0.3, -0.25) is 0 Å². The van der Waals surface area contributed by atoms with Crippen LogP contribution < -0.4 is 0 Å². The molecule has 0 N–H and O–H groups in total. The van der Waals surface area contributed by atoms with Gasteiger partial charge in [-0.05, 0) is 73.4 Å². The van der Waals surface area contributed by atoms with Crippen LogP contribution in [0.25, 0.3) is 11.3 Å². The Balaban J connectivity index is 1.69. The Labute approximate surface area is 160 Å². The van der Waals surface area contributed by atoms with Crippen molar-refractivity contribution < 1.29 is 13.2 Å². The lowest BCUT2D eigenvalue weighted by Crippen LogP contribution is -2.04. The lowest BCUT2D eigenvalue weighted by molar-refractivity contribution is -0.137. The summed E-state index contributed by atoms with van der Waals surface area (Å²) in [7, 11) is 0. The van der Waals surface area contributed by atoms with Crippen molar-refractivity contribution >= 4 is 11.8 Å². The van der Waals surface area contributed by atoms with Crippen LogP contribution in [0.15, 0.2) is 53.6 Å². The van der Waals surface area contributed by atoms with E-state index in [1.54, 1.807) is 0 Å². The Morgan fingerprint density at radius 1 is 0.815 bits per heavy atom. The van der Waals surface area contributed by atoms with Crippen molar-refractivity contribution in [3.8, 4) is 11.3 Å². The minimum Gasteiger partial charge on any atom is -0.166 e. The number of aryl methyl sites for hydroxylation is 3. The van der Waals surface area contributed by atoms with Crippen LogP contribution in [0.1, 0.15) is 27.8 Å². The van der Waals surface area contributed by atoms with Gasteiger partial charge in [0.1, 0.15) is 5.03 Å². The maximum atomic E-state index is 12.6. The quantitative estimate of drug-likeness (QED) is 0.485. The van der Waals surface area contributed by atoms with Crippen LogP contribution >= 0.6 is 11.8 Å². The molecule has 27 heavy (non-hydrogen) atoms. The fourth-order valence-corrected chi connectivity index (χ4v) is 3.49. The average Bonchev–Trinajstić information content (AvgIpc) is 2.63. The van der Waals surface area contributed by atoms with E-state index in [-0.39, 0.29) is 0 Å². The summed E-state index contributed by atoms with van der Waals surface area (Å²) < 4.78 is 37.8. The molecule has 0 fully saturated rings. The monoisotopic (exact) mass is 388 g/mol. The Bertz CT molecular complexity index is 933. The van der Waals surface area contributed by atoms with Crippen LogP contribution in [-0.2, 0) is 11.9 Å². The highest BCUT2D eigenvalue weighted by molar-refractivity contribution is 7.98. The number of hydrogen-bond acceptors (Lipinski definition) is 3. The van der Waals surface area contributed by atoms with Crippen molar-refractivity contribution in [2.75, 3.05) is 0 Å². The number of alkyl halides is 3. The minimum atomic E-state index is -4.31. The van der Waals surface area contributed by atoms with Crippen molar-refractivity contribution in [2.24, 2.45) is 0 Å². The van der Waals surface area contributed by atoms with Gasteiger partial charge in [0.25, 0.3) is 0 Å². The summed E-state index contributed by atoms with van der Waals surface area (Å²) in [4.78, 5) is 0. The molecular weight excluding hydrogens is 369 g/mol. The second-order valence-corrected chi connectivity index (χ2v) is 7.49. The van der Waals surface area contributed by atoms with E-state index in [1.807, 2.05) is 12.1 Å². The van der Waals surface area contributed by atoms with Gasteiger partial charge in [-0.2, -0.15) is 13.2 Å². The Morgan fingerprint density at radius 3 is 2.07 bits per heavy atom. The summed E-state index contributed by atoms with van der Waals surface area (Å²) in [6, 6.07) is 13.3. The maximum absolute atomic E-state index is 12.6. The van der Waals surface area contributed by atoms with Gasteiger partial charge in [0.05, 0.1) is 11.3 Å². The average molecular weight is 388 g/mol. The predicted molar refractivity (Wildman–Crippen MR) is 103 cm³/mol. The minimum absolute atomic E-state index is 0.537. The second-order valence-electron chi connectivity index (χ2n) is 6.49. The third-order valence-electron chi connectivity index (χ3n) is 4.42. The zero-order valence-electron chi connectivity index (χ0n) is 15.3. The first kappa shape index (κ1) is 19.4. The van der Waals surface area contributed by atoms with Gasteiger partial charge >= 0.3 is 6.18 Å². The van der Waals surface area contributed by atoms with E-state index >= 15 is 0 Å². The molecule has 0 saturated carbocycles. The van der Waals surface area contributed by atoms with E-state index in [0.717, 1.165) is 39.5 Å². The first-order valence-corrected chi connectivity index (χ1v) is 9.43. The van der Waals surface area contributed by atoms with Crippen molar-refractivity contribution in [1.29, 1.82) is 0 Å². The molecule has 1 aromatic heterocycles. The molecule has 1 heterocycles. The van der Waals surface area contributed by atoms with Gasteiger partial charge in [0.2, 0.25) is 0 Å². The third kappa shape index (κ3) is 4.69. The molecule has 2 aromatic carbocycles. The van der Waals surface area contributed by atoms with Gasteiger partial charge in [-0.15, -0.1) is 10.2 Å². The molecule has 0 aliphatic rings. The molecule has 140 valence electrons. The molecule has 2 nitrogen and oxygen atoms in total. The number of rotatable bonds is 4. The molecule has 0 aliphatic carbocycles. The van der Waals surface area contributed by atoms with E-state index < -0.39 is 11.7 Å². The van der Waals surface area contributed by atoms with Crippen LogP contribution in [0.3, 0.4) is 0 Å². The highest BCUT2D eigenvalue weighted by atomic mass is 32.2. The molecule has 0 unspecified atom stereocenters. The van der Waals surface area contributed by atoms with Crippen molar-refractivity contribution in [2.45, 2.75) is 37.7 Å². The first-order chi connectivity index (χ1) is 12.7. The summed E-state index contributed by atoms with van der Waals surface area (Å²) in [6.45, 7) is 6.20. The van der Waals surface area contributed by atoms with Crippen molar-refractivity contribution in [3.63, 3.8) is 0 Å². The molecule has 0 atom stereocenters. The lowest BCUT2D eigenvalue weighted by Gasteiger charge is -2.09. The molecule has 0 radical (unpaired) electrons. The first-order valence-electron chi connectivity index (χ1n) is 8.45. The predicted octanol–water partition coefficient (Wildman–Crippen LogP) is 6.38. The number of hydrogen-bond donors (Lipinski definition) is 0. The summed E-state index contributed by atoms with van der Waals surface area (Å²) in [5.74, 6) is 0.537. The Morgan fingerprint density at radius 2 is 1.48 bits per heavy atom. The van der Waals surface area contributed by atoms with Crippen LogP contribution in [0.5, 0.6) is 0 Å². The summed E-state index contributed by atoms with van der Waals surface area (Å²) in [5.41, 5.74) is 5.65. The van der Waals surface area contributed by atoms with Gasteiger partial charge < -0.3 is 0 Å². The number of thioether (sulfide) groups is 1. The molecule has 0 spiro atoms. The molecule has 0 aliphatic heterocycles. The number of nitrogens with zero attached hydrogens (tertiary/aromatic N) is 2. The highest BCUT2D eigenvalue weighted by Gasteiger charge is 2.29. The highest BCUT2D eigenvalue weighted by Crippen LogP contribution is 2.30. The molecule has 6 heteroatoms. The summed E-state index contributed by atoms with van der Waals surface area (Å²) in [6.07, 6.45) is -4.31. The Kier molecular flexibility index (Phi) is 5.56. The fraction of sp³-hybridized carbons (Fsp3) is 0.238. The largest absolute Gasteiger partial charge is 0.416 e. The normalized spacial score (nSPS) is 11.6. The van der Waals surface area contributed by atoms with Gasteiger partial charge in [0.15, 0.2) is 0 Å². The summed E-state index contributed by atoms with van der Waals surface area (Å²) >= 11 is 1.45. The van der Waals surface area contributed by atoms with E-state index in [1.165, 1.54) is 35.0 Å². The zero-order valence-corrected chi connectivity index (χ0v) is 16.1. The molecule has 3 aromatic rings. The number of benzene rings is 2. The molecule has 0 amide bonds. The van der Waals surface area contributed by atoms with E-state index in [9.17, 15) is 13.2 Å². The zero-order chi connectivity index (χ0) is 19.6. The Hall–Kier alpha value is -2.34. The van der Waals surface area contributed by atoms with Crippen LogP contribution in [-0.4, -0.2) is 10.2 Å². The SMILES string of the molecule is Cc1cc(C)c(-c2ccc(SCc3ccc(C(F)(F)F)cc3)nn2)cc1C. The second kappa shape index (κ2) is 7.72. The van der Waals surface area contributed by atoms with E-state index in [0.29, 0.717) is 5.75 Å². The van der Waals surface area contributed by atoms with E-state index in [2.05, 4.69) is 43.1 Å². The number of halogens is 3. The molecule has 3 rings (SSSR count). The standard InChI is InChI=1S/C21H19F3N2S/c1-13-10-15(3)18(11-14(13)2)19-8-9-20(26-25-19)27-12-16-4-6-17(7-5-16)21(22,23)24/h4-11H,12H2,1-3H3. The van der Waals surface area contributed by atoms with Gasteiger partial charge in [0, 0.05) is 11.3 Å². The smallest absolute Gasteiger partial charge is 0.166 e. The van der Waals surface area contributed by atoms with Crippen LogP contribution in [0.4, 0.5) is 13.2 Å². The van der Waals surface area contributed by atoms with Crippen molar-refractivity contribution in [1.82, 2.24) is 10.2 Å². The topological polar surface area (TPSA) is 25.8 Å². The van der Waals surface area contributed by atoms with E-state index in [4.69, 9.17) is 0 Å². The summed E-state index contributed by atoms with van der Waals surface area (Å²) in [5, 5.41) is 9.31.